The van der Waals surface area contributed by atoms with Crippen molar-refractivity contribution >= 4 is 0 Å². The van der Waals surface area contributed by atoms with E-state index in [1.54, 1.807) is 0 Å². The van der Waals surface area contributed by atoms with Crippen LogP contribution in [0.25, 0.3) is 0 Å². The van der Waals surface area contributed by atoms with E-state index in [1.165, 1.54) is 12.8 Å². The first-order valence-electron chi connectivity index (χ1n) is 5.66. The van der Waals surface area contributed by atoms with Crippen LogP contribution in [0.3, 0.4) is 0 Å². The highest BCUT2D eigenvalue weighted by Gasteiger charge is 2.22. The number of nitrogens with zero attached hydrogens (tertiary/aromatic N) is 1. The fraction of sp³-hybridized carbons (Fsp3) is 1.00. The Hall–Kier alpha value is -0.120. The number of hydrogen-bond donors (Lipinski definition) is 1. The lowest BCUT2D eigenvalue weighted by Crippen LogP contribution is -2.43. The summed E-state index contributed by atoms with van der Waals surface area (Å²) in [4.78, 5) is 2.46. The van der Waals surface area contributed by atoms with Gasteiger partial charge in [0.2, 0.25) is 0 Å². The molecule has 2 N–H and O–H groups in total. The highest BCUT2D eigenvalue weighted by Crippen LogP contribution is 2.16. The molecular formula is C11H24N2O. The molecule has 2 unspecified atom stereocenters. The van der Waals surface area contributed by atoms with E-state index >= 15 is 0 Å². The lowest BCUT2D eigenvalue weighted by atomic mass is 10.0. The Bertz CT molecular complexity index is 155. The van der Waals surface area contributed by atoms with Crippen LogP contribution in [-0.4, -0.2) is 43.3 Å². The summed E-state index contributed by atoms with van der Waals surface area (Å²) in [5.41, 5.74) is 5.81. The maximum atomic E-state index is 5.81. The van der Waals surface area contributed by atoms with Gasteiger partial charge in [-0.15, -0.1) is 0 Å². The van der Waals surface area contributed by atoms with E-state index < -0.39 is 0 Å². The number of ether oxygens (including phenoxy) is 1. The number of nitrogens with two attached hydrogens (primary N) is 1. The molecule has 3 nitrogen and oxygen atoms in total. The van der Waals surface area contributed by atoms with Crippen LogP contribution >= 0.6 is 0 Å². The number of rotatable bonds is 4. The molecule has 2 atom stereocenters. The fourth-order valence-electron chi connectivity index (χ4n) is 2.16. The molecule has 84 valence electrons. The molecule has 1 aliphatic rings. The van der Waals surface area contributed by atoms with Crippen molar-refractivity contribution in [2.24, 2.45) is 5.73 Å². The van der Waals surface area contributed by atoms with Gasteiger partial charge in [0.1, 0.15) is 0 Å². The van der Waals surface area contributed by atoms with Gasteiger partial charge in [0.05, 0.1) is 0 Å². The molecule has 1 aliphatic heterocycles. The van der Waals surface area contributed by atoms with Crippen LogP contribution in [0, 0.1) is 0 Å². The molecule has 0 bridgehead atoms. The summed E-state index contributed by atoms with van der Waals surface area (Å²) in [5.74, 6) is 0. The predicted octanol–water partition coefficient (Wildman–Crippen LogP) is 1.22. The molecule has 0 aromatic rings. The average molecular weight is 200 g/mol. The Balaban J connectivity index is 2.33. The maximum absolute atomic E-state index is 5.81. The second kappa shape index (κ2) is 5.69. The Morgan fingerprint density at radius 2 is 1.93 bits per heavy atom. The monoisotopic (exact) mass is 200 g/mol. The molecule has 1 heterocycles. The summed E-state index contributed by atoms with van der Waals surface area (Å²) in [6, 6.07) is 1.57. The molecule has 0 aromatic heterocycles. The standard InChI is InChI=1S/C11H24N2O/c1-9(12)8-10(2)13(3)11-4-6-14-7-5-11/h9-11H,4-8,12H2,1-3H3. The third-order valence-corrected chi connectivity index (χ3v) is 3.17. The van der Waals surface area contributed by atoms with Crippen molar-refractivity contribution in [1.82, 2.24) is 4.90 Å². The Labute approximate surface area is 87.6 Å². The van der Waals surface area contributed by atoms with Gasteiger partial charge in [-0.3, -0.25) is 0 Å². The molecule has 0 amide bonds. The summed E-state index contributed by atoms with van der Waals surface area (Å²) < 4.78 is 5.36. The highest BCUT2D eigenvalue weighted by atomic mass is 16.5. The Morgan fingerprint density at radius 1 is 1.36 bits per heavy atom. The van der Waals surface area contributed by atoms with Crippen LogP contribution in [0.5, 0.6) is 0 Å². The highest BCUT2D eigenvalue weighted by molar-refractivity contribution is 4.77. The quantitative estimate of drug-likeness (QED) is 0.741. The van der Waals surface area contributed by atoms with E-state index in [0.29, 0.717) is 18.1 Å². The van der Waals surface area contributed by atoms with Gasteiger partial charge in [-0.2, -0.15) is 0 Å². The zero-order valence-electron chi connectivity index (χ0n) is 9.70. The first-order chi connectivity index (χ1) is 6.61. The van der Waals surface area contributed by atoms with E-state index in [1.807, 2.05) is 0 Å². The van der Waals surface area contributed by atoms with E-state index in [4.69, 9.17) is 10.5 Å². The Morgan fingerprint density at radius 3 is 2.43 bits per heavy atom. The zero-order valence-corrected chi connectivity index (χ0v) is 9.70. The molecular weight excluding hydrogens is 176 g/mol. The first-order valence-corrected chi connectivity index (χ1v) is 5.66. The van der Waals surface area contributed by atoms with E-state index in [-0.39, 0.29) is 0 Å². The van der Waals surface area contributed by atoms with E-state index in [2.05, 4.69) is 25.8 Å². The lowest BCUT2D eigenvalue weighted by molar-refractivity contribution is 0.0292. The lowest BCUT2D eigenvalue weighted by Gasteiger charge is -2.36. The van der Waals surface area contributed by atoms with Crippen molar-refractivity contribution in [3.8, 4) is 0 Å². The van der Waals surface area contributed by atoms with E-state index in [0.717, 1.165) is 19.6 Å². The first kappa shape index (κ1) is 12.0. The van der Waals surface area contributed by atoms with Crippen molar-refractivity contribution < 1.29 is 4.74 Å². The minimum Gasteiger partial charge on any atom is -0.381 e. The molecule has 0 radical (unpaired) electrons. The SMILES string of the molecule is CC(N)CC(C)N(C)C1CCOCC1. The average Bonchev–Trinajstić information content (AvgIpc) is 2.17. The molecule has 0 spiro atoms. The van der Waals surface area contributed by atoms with Gasteiger partial charge < -0.3 is 15.4 Å². The summed E-state index contributed by atoms with van der Waals surface area (Å²) >= 11 is 0. The summed E-state index contributed by atoms with van der Waals surface area (Å²) in [5, 5.41) is 0. The second-order valence-electron chi connectivity index (χ2n) is 4.57. The van der Waals surface area contributed by atoms with Gasteiger partial charge in [0.15, 0.2) is 0 Å². The normalized spacial score (nSPS) is 23.8. The molecule has 0 aliphatic carbocycles. The van der Waals surface area contributed by atoms with Gasteiger partial charge in [-0.1, -0.05) is 0 Å². The smallest absolute Gasteiger partial charge is 0.0480 e. The van der Waals surface area contributed by atoms with Gasteiger partial charge in [-0.05, 0) is 40.2 Å². The summed E-state index contributed by atoms with van der Waals surface area (Å²) in [7, 11) is 2.21. The van der Waals surface area contributed by atoms with E-state index in [9.17, 15) is 0 Å². The van der Waals surface area contributed by atoms with Gasteiger partial charge >= 0.3 is 0 Å². The predicted molar refractivity (Wildman–Crippen MR) is 59.3 cm³/mol. The minimum atomic E-state index is 0.298. The van der Waals surface area contributed by atoms with Gasteiger partial charge in [0.25, 0.3) is 0 Å². The van der Waals surface area contributed by atoms with Crippen LogP contribution in [0.15, 0.2) is 0 Å². The third kappa shape index (κ3) is 3.56. The summed E-state index contributed by atoms with van der Waals surface area (Å²) in [6.45, 7) is 6.17. The number of hydrogen-bond acceptors (Lipinski definition) is 3. The molecule has 1 rings (SSSR count). The Kier molecular flexibility index (Phi) is 4.85. The second-order valence-corrected chi connectivity index (χ2v) is 4.57. The van der Waals surface area contributed by atoms with Crippen molar-refractivity contribution in [3.63, 3.8) is 0 Å². The molecule has 0 aromatic carbocycles. The molecule has 0 saturated carbocycles. The van der Waals surface area contributed by atoms with Crippen molar-refractivity contribution in [2.45, 2.75) is 51.2 Å². The van der Waals surface area contributed by atoms with Gasteiger partial charge in [0, 0.05) is 31.3 Å². The minimum absolute atomic E-state index is 0.298. The zero-order chi connectivity index (χ0) is 10.6. The fourth-order valence-corrected chi connectivity index (χ4v) is 2.16. The van der Waals surface area contributed by atoms with Crippen LogP contribution < -0.4 is 5.73 Å². The van der Waals surface area contributed by atoms with Crippen molar-refractivity contribution in [3.05, 3.63) is 0 Å². The topological polar surface area (TPSA) is 38.5 Å². The van der Waals surface area contributed by atoms with Crippen molar-refractivity contribution in [1.29, 1.82) is 0 Å². The molecule has 14 heavy (non-hydrogen) atoms. The largest absolute Gasteiger partial charge is 0.381 e. The van der Waals surface area contributed by atoms with Crippen LogP contribution in [-0.2, 0) is 4.74 Å². The third-order valence-electron chi connectivity index (χ3n) is 3.17. The van der Waals surface area contributed by atoms with Crippen LogP contribution in [0.1, 0.15) is 33.1 Å². The van der Waals surface area contributed by atoms with Gasteiger partial charge in [-0.25, -0.2) is 0 Å². The van der Waals surface area contributed by atoms with Crippen molar-refractivity contribution in [2.75, 3.05) is 20.3 Å². The molecule has 3 heteroatoms. The maximum Gasteiger partial charge on any atom is 0.0480 e. The molecule has 1 saturated heterocycles. The van der Waals surface area contributed by atoms with Crippen LogP contribution in [0.2, 0.25) is 0 Å². The summed E-state index contributed by atoms with van der Waals surface area (Å²) in [6.07, 6.45) is 3.41. The van der Waals surface area contributed by atoms with Crippen LogP contribution in [0.4, 0.5) is 0 Å². The molecule has 1 fully saturated rings.